The fourth-order valence-corrected chi connectivity index (χ4v) is 2.15. The molecule has 1 aromatic heterocycles. The van der Waals surface area contributed by atoms with Crippen LogP contribution in [-0.2, 0) is 9.47 Å². The molecule has 0 aromatic carbocycles. The number of carbonyl (C=O) groups excluding carboxylic acids is 1. The highest BCUT2D eigenvalue weighted by Crippen LogP contribution is 2.28. The van der Waals surface area contributed by atoms with Crippen molar-refractivity contribution in [2.75, 3.05) is 31.3 Å². The molecule has 102 valence electrons. The third kappa shape index (κ3) is 3.58. The van der Waals surface area contributed by atoms with Gasteiger partial charge in [-0.25, -0.2) is 4.79 Å². The highest BCUT2D eigenvalue weighted by molar-refractivity contribution is 7.11. The number of nitrogens with zero attached hydrogens (tertiary/aromatic N) is 1. The summed E-state index contributed by atoms with van der Waals surface area (Å²) in [6.45, 7) is 7.04. The Hall–Kier alpha value is -1.34. The Bertz CT molecular complexity index is 418. The Morgan fingerprint density at radius 3 is 2.78 bits per heavy atom. The molecule has 0 bridgehead atoms. The molecule has 7 heteroatoms. The predicted octanol–water partition coefficient (Wildman–Crippen LogP) is 1.74. The van der Waals surface area contributed by atoms with Crippen LogP contribution >= 0.6 is 11.5 Å². The summed E-state index contributed by atoms with van der Waals surface area (Å²) in [5, 5.41) is 3.73. The van der Waals surface area contributed by atoms with Gasteiger partial charge in [-0.2, -0.15) is 4.37 Å². The maximum absolute atomic E-state index is 11.6. The molecular formula is C11H19N3O3S. The number of rotatable bonds is 6. The van der Waals surface area contributed by atoms with Gasteiger partial charge >= 0.3 is 5.97 Å². The van der Waals surface area contributed by atoms with Crippen molar-refractivity contribution in [3.05, 3.63) is 5.56 Å². The molecule has 0 radical (unpaired) electrons. The summed E-state index contributed by atoms with van der Waals surface area (Å²) in [7, 11) is 1.31. The number of hydrogen-bond acceptors (Lipinski definition) is 7. The number of anilines is 2. The normalized spacial score (nSPS) is 11.3. The Balaban J connectivity index is 2.77. The van der Waals surface area contributed by atoms with Gasteiger partial charge in [-0.15, -0.1) is 0 Å². The molecule has 0 unspecified atom stereocenters. The third-order valence-corrected chi connectivity index (χ3v) is 3.14. The summed E-state index contributed by atoms with van der Waals surface area (Å²) in [5.41, 5.74) is 5.60. The number of hydrogen-bond donors (Lipinski definition) is 2. The molecule has 0 aliphatic heterocycles. The van der Waals surface area contributed by atoms with Gasteiger partial charge in [0.05, 0.1) is 12.7 Å². The van der Waals surface area contributed by atoms with E-state index in [-0.39, 0.29) is 17.0 Å². The first kappa shape index (κ1) is 14.7. The molecule has 0 atom stereocenters. The standard InChI is InChI=1S/C11H19N3O3S/c1-5-17-11(2,3)6-13-9-7(10(15)16-4)8(12)14-18-9/h13H,5-6H2,1-4H3,(H2,12,14). The molecule has 0 fully saturated rings. The first-order chi connectivity index (χ1) is 8.41. The zero-order chi connectivity index (χ0) is 13.8. The van der Waals surface area contributed by atoms with Crippen molar-refractivity contribution < 1.29 is 14.3 Å². The van der Waals surface area contributed by atoms with E-state index in [4.69, 9.17) is 10.5 Å². The van der Waals surface area contributed by atoms with Crippen LogP contribution in [0.3, 0.4) is 0 Å². The predicted molar refractivity (Wildman–Crippen MR) is 72.1 cm³/mol. The molecular weight excluding hydrogens is 254 g/mol. The van der Waals surface area contributed by atoms with Crippen LogP contribution in [0.15, 0.2) is 0 Å². The van der Waals surface area contributed by atoms with E-state index in [0.29, 0.717) is 18.2 Å². The molecule has 0 saturated heterocycles. The first-order valence-electron chi connectivity index (χ1n) is 5.62. The van der Waals surface area contributed by atoms with Crippen molar-refractivity contribution in [3.8, 4) is 0 Å². The van der Waals surface area contributed by atoms with E-state index in [2.05, 4.69) is 14.4 Å². The van der Waals surface area contributed by atoms with Gasteiger partial charge in [0, 0.05) is 13.2 Å². The van der Waals surface area contributed by atoms with E-state index < -0.39 is 5.97 Å². The molecule has 0 spiro atoms. The minimum Gasteiger partial charge on any atom is -0.465 e. The molecule has 0 saturated carbocycles. The molecule has 1 rings (SSSR count). The lowest BCUT2D eigenvalue weighted by Gasteiger charge is -2.25. The summed E-state index contributed by atoms with van der Waals surface area (Å²) in [6.07, 6.45) is 0. The maximum Gasteiger partial charge on any atom is 0.344 e. The largest absolute Gasteiger partial charge is 0.465 e. The van der Waals surface area contributed by atoms with Crippen molar-refractivity contribution in [3.63, 3.8) is 0 Å². The first-order valence-corrected chi connectivity index (χ1v) is 6.40. The SMILES string of the molecule is CCOC(C)(C)CNc1snc(N)c1C(=O)OC. The smallest absolute Gasteiger partial charge is 0.344 e. The lowest BCUT2D eigenvalue weighted by Crippen LogP contribution is -2.33. The van der Waals surface area contributed by atoms with Gasteiger partial charge < -0.3 is 20.5 Å². The topological polar surface area (TPSA) is 86.5 Å². The number of esters is 1. The Morgan fingerprint density at radius 1 is 1.56 bits per heavy atom. The summed E-state index contributed by atoms with van der Waals surface area (Å²) in [6, 6.07) is 0. The van der Waals surface area contributed by atoms with Gasteiger partial charge in [-0.1, -0.05) is 0 Å². The van der Waals surface area contributed by atoms with Crippen LogP contribution in [0.1, 0.15) is 31.1 Å². The van der Waals surface area contributed by atoms with E-state index >= 15 is 0 Å². The Kier molecular flexibility index (Phi) is 4.92. The van der Waals surface area contributed by atoms with Crippen molar-refractivity contribution in [1.29, 1.82) is 0 Å². The quantitative estimate of drug-likeness (QED) is 0.768. The van der Waals surface area contributed by atoms with Gasteiger partial charge in [0.25, 0.3) is 0 Å². The van der Waals surface area contributed by atoms with E-state index in [1.807, 2.05) is 20.8 Å². The number of ether oxygens (including phenoxy) is 2. The van der Waals surface area contributed by atoms with Gasteiger partial charge in [0.2, 0.25) is 0 Å². The molecule has 3 N–H and O–H groups in total. The number of nitrogen functional groups attached to an aromatic ring is 1. The summed E-state index contributed by atoms with van der Waals surface area (Å²) in [5.74, 6) is -0.304. The number of carbonyl (C=O) groups is 1. The second-order valence-corrected chi connectivity index (χ2v) is 5.08. The second-order valence-electron chi connectivity index (χ2n) is 4.31. The maximum atomic E-state index is 11.6. The van der Waals surface area contributed by atoms with Gasteiger partial charge in [0.1, 0.15) is 10.6 Å². The van der Waals surface area contributed by atoms with Crippen molar-refractivity contribution in [2.24, 2.45) is 0 Å². The van der Waals surface area contributed by atoms with Crippen molar-refractivity contribution in [1.82, 2.24) is 4.37 Å². The minimum atomic E-state index is -0.488. The van der Waals surface area contributed by atoms with Crippen LogP contribution in [0, 0.1) is 0 Å². The number of aromatic nitrogens is 1. The van der Waals surface area contributed by atoms with Crippen LogP contribution in [0.2, 0.25) is 0 Å². The van der Waals surface area contributed by atoms with Gasteiger partial charge in [0.15, 0.2) is 5.82 Å². The number of nitrogens with one attached hydrogen (secondary N) is 1. The van der Waals surface area contributed by atoms with E-state index in [0.717, 1.165) is 11.5 Å². The number of nitrogens with two attached hydrogens (primary N) is 1. The highest BCUT2D eigenvalue weighted by Gasteiger charge is 2.23. The molecule has 0 amide bonds. The van der Waals surface area contributed by atoms with E-state index in [9.17, 15) is 4.79 Å². The molecule has 0 aliphatic carbocycles. The van der Waals surface area contributed by atoms with Crippen LogP contribution in [0.25, 0.3) is 0 Å². The summed E-state index contributed by atoms with van der Waals surface area (Å²) < 4.78 is 14.2. The van der Waals surface area contributed by atoms with E-state index in [1.165, 1.54) is 7.11 Å². The van der Waals surface area contributed by atoms with Crippen LogP contribution in [0.4, 0.5) is 10.8 Å². The van der Waals surface area contributed by atoms with Crippen molar-refractivity contribution in [2.45, 2.75) is 26.4 Å². The monoisotopic (exact) mass is 273 g/mol. The Labute approximate surface area is 111 Å². The van der Waals surface area contributed by atoms with Crippen LogP contribution in [0.5, 0.6) is 0 Å². The average molecular weight is 273 g/mol. The highest BCUT2D eigenvalue weighted by atomic mass is 32.1. The summed E-state index contributed by atoms with van der Waals surface area (Å²) in [4.78, 5) is 11.6. The van der Waals surface area contributed by atoms with Crippen LogP contribution < -0.4 is 11.1 Å². The minimum absolute atomic E-state index is 0.184. The summed E-state index contributed by atoms with van der Waals surface area (Å²) >= 11 is 1.14. The zero-order valence-corrected chi connectivity index (χ0v) is 11.9. The second kappa shape index (κ2) is 6.01. The van der Waals surface area contributed by atoms with Gasteiger partial charge in [-0.05, 0) is 32.3 Å². The molecule has 6 nitrogen and oxygen atoms in total. The third-order valence-electron chi connectivity index (χ3n) is 2.32. The lowest BCUT2D eigenvalue weighted by atomic mass is 10.1. The van der Waals surface area contributed by atoms with Gasteiger partial charge in [-0.3, -0.25) is 0 Å². The fourth-order valence-electron chi connectivity index (χ4n) is 1.46. The van der Waals surface area contributed by atoms with Crippen molar-refractivity contribution >= 4 is 28.3 Å². The molecule has 0 aliphatic rings. The average Bonchev–Trinajstić information content (AvgIpc) is 2.67. The molecule has 1 aromatic rings. The molecule has 18 heavy (non-hydrogen) atoms. The Morgan fingerprint density at radius 2 is 2.22 bits per heavy atom. The molecule has 1 heterocycles. The van der Waals surface area contributed by atoms with E-state index in [1.54, 1.807) is 0 Å². The van der Waals surface area contributed by atoms with Crippen LogP contribution in [-0.4, -0.2) is 36.2 Å². The fraction of sp³-hybridized carbons (Fsp3) is 0.636. The number of methoxy groups -OCH3 is 1. The zero-order valence-electron chi connectivity index (χ0n) is 11.1. The lowest BCUT2D eigenvalue weighted by molar-refractivity contribution is 0.000706.